The molecule has 4 nitrogen and oxygen atoms in total. The van der Waals surface area contributed by atoms with Crippen molar-refractivity contribution in [2.75, 3.05) is 7.11 Å². The molecule has 3 rings (SSSR count). The smallest absolute Gasteiger partial charge is 0.305 e. The maximum atomic E-state index is 11.2. The van der Waals surface area contributed by atoms with Crippen LogP contribution >= 0.6 is 11.6 Å². The third-order valence-corrected chi connectivity index (χ3v) is 7.62. The number of halogens is 1. The Bertz CT molecular complexity index is 711. The molecule has 0 bridgehead atoms. The van der Waals surface area contributed by atoms with E-state index in [4.69, 9.17) is 11.6 Å². The third-order valence-electron chi connectivity index (χ3n) is 7.12. The van der Waals surface area contributed by atoms with Gasteiger partial charge in [-0.15, -0.1) is 11.6 Å². The molecule has 0 aromatic heterocycles. The van der Waals surface area contributed by atoms with E-state index in [0.717, 1.165) is 43.2 Å². The number of allylic oxidation sites excluding steroid dienone is 2. The van der Waals surface area contributed by atoms with Gasteiger partial charge in [0.25, 0.3) is 0 Å². The molecule has 0 amide bonds. The second kappa shape index (κ2) is 12.0. The number of esters is 1. The van der Waals surface area contributed by atoms with Crippen molar-refractivity contribution in [2.45, 2.75) is 87.7 Å². The number of aliphatic hydroxyl groups is 2. The van der Waals surface area contributed by atoms with Crippen molar-refractivity contribution in [3.05, 3.63) is 47.5 Å². The van der Waals surface area contributed by atoms with Crippen molar-refractivity contribution in [3.63, 3.8) is 0 Å². The van der Waals surface area contributed by atoms with E-state index >= 15 is 0 Å². The number of benzene rings is 1. The lowest BCUT2D eigenvalue weighted by Gasteiger charge is -2.27. The number of rotatable bonds is 9. The van der Waals surface area contributed by atoms with Crippen LogP contribution < -0.4 is 0 Å². The number of methoxy groups -OCH3 is 1. The highest BCUT2D eigenvalue weighted by Gasteiger charge is 2.41. The molecule has 2 saturated carbocycles. The van der Waals surface area contributed by atoms with Gasteiger partial charge in [-0.3, -0.25) is 4.79 Å². The standard InChI is InChI=1S/C26H37ClO4/c1-31-24(29)12-8-3-2-7-11-21-22(27)17-23(28)25(21)18-13-15-20(16-14-18)26(30)19-9-5-4-6-10-19/h2,7,13-16,19,21-23,25-26,28,30H,3-6,8-12,17H2,1H3/b7-2-. The van der Waals surface area contributed by atoms with Gasteiger partial charge in [-0.05, 0) is 61.5 Å². The van der Waals surface area contributed by atoms with E-state index in [1.807, 2.05) is 12.1 Å². The topological polar surface area (TPSA) is 66.8 Å². The lowest BCUT2D eigenvalue weighted by molar-refractivity contribution is -0.140. The van der Waals surface area contributed by atoms with Crippen LogP contribution in [0.2, 0.25) is 0 Å². The van der Waals surface area contributed by atoms with E-state index < -0.39 is 12.2 Å². The zero-order valence-corrected chi connectivity index (χ0v) is 19.3. The van der Waals surface area contributed by atoms with Gasteiger partial charge in [-0.2, -0.15) is 0 Å². The molecule has 0 radical (unpaired) electrons. The van der Waals surface area contributed by atoms with E-state index in [0.29, 0.717) is 18.8 Å². The molecule has 2 N–H and O–H groups in total. The summed E-state index contributed by atoms with van der Waals surface area (Å²) in [7, 11) is 1.41. The Balaban J connectivity index is 1.59. The molecule has 2 aliphatic rings. The highest BCUT2D eigenvalue weighted by molar-refractivity contribution is 6.21. The van der Waals surface area contributed by atoms with Crippen LogP contribution in [0.25, 0.3) is 0 Å². The van der Waals surface area contributed by atoms with Crippen LogP contribution in [0.3, 0.4) is 0 Å². The lowest BCUT2D eigenvalue weighted by atomic mass is 9.81. The maximum Gasteiger partial charge on any atom is 0.305 e. The minimum atomic E-state index is -0.450. The first-order valence-corrected chi connectivity index (χ1v) is 12.3. The zero-order valence-electron chi connectivity index (χ0n) is 18.6. The number of aliphatic hydroxyl groups excluding tert-OH is 2. The van der Waals surface area contributed by atoms with Gasteiger partial charge in [0, 0.05) is 17.7 Å². The summed E-state index contributed by atoms with van der Waals surface area (Å²) >= 11 is 6.61. The van der Waals surface area contributed by atoms with Gasteiger partial charge in [0.1, 0.15) is 0 Å². The highest BCUT2D eigenvalue weighted by Crippen LogP contribution is 2.45. The average Bonchev–Trinajstić information content (AvgIpc) is 3.08. The minimum Gasteiger partial charge on any atom is -0.469 e. The maximum absolute atomic E-state index is 11.2. The molecule has 0 saturated heterocycles. The SMILES string of the molecule is COC(=O)CCC/C=C\CC1C(Cl)CC(O)C1c1ccc(C(O)C2CCCCC2)cc1. The van der Waals surface area contributed by atoms with Crippen LogP contribution in [0, 0.1) is 11.8 Å². The second-order valence-electron chi connectivity index (χ2n) is 9.19. The van der Waals surface area contributed by atoms with E-state index in [-0.39, 0.29) is 23.2 Å². The lowest BCUT2D eigenvalue weighted by Crippen LogP contribution is -2.19. The van der Waals surface area contributed by atoms with Crippen LogP contribution in [0.5, 0.6) is 0 Å². The predicted octanol–water partition coefficient (Wildman–Crippen LogP) is 5.66. The number of hydrogen-bond acceptors (Lipinski definition) is 4. The number of ether oxygens (including phenoxy) is 1. The second-order valence-corrected chi connectivity index (χ2v) is 9.75. The summed E-state index contributed by atoms with van der Waals surface area (Å²) in [6, 6.07) is 8.19. The van der Waals surface area contributed by atoms with E-state index in [2.05, 4.69) is 29.0 Å². The quantitative estimate of drug-likeness (QED) is 0.221. The Labute approximate surface area is 191 Å². The first-order valence-electron chi connectivity index (χ1n) is 11.8. The summed E-state index contributed by atoms with van der Waals surface area (Å²) in [6.45, 7) is 0. The molecule has 31 heavy (non-hydrogen) atoms. The van der Waals surface area contributed by atoms with Gasteiger partial charge < -0.3 is 14.9 Å². The van der Waals surface area contributed by atoms with Crippen molar-refractivity contribution in [1.82, 2.24) is 0 Å². The van der Waals surface area contributed by atoms with Gasteiger partial charge >= 0.3 is 5.97 Å². The number of carbonyl (C=O) groups excluding carboxylic acids is 1. The molecule has 5 heteroatoms. The molecule has 1 aromatic rings. The van der Waals surface area contributed by atoms with Crippen molar-refractivity contribution in [3.8, 4) is 0 Å². The molecule has 0 aliphatic heterocycles. The monoisotopic (exact) mass is 448 g/mol. The largest absolute Gasteiger partial charge is 0.469 e. The molecule has 5 atom stereocenters. The van der Waals surface area contributed by atoms with Crippen LogP contribution in [-0.2, 0) is 9.53 Å². The van der Waals surface area contributed by atoms with Crippen LogP contribution in [0.1, 0.15) is 87.4 Å². The molecular formula is C26H37ClO4. The van der Waals surface area contributed by atoms with Gasteiger partial charge in [0.15, 0.2) is 0 Å². The minimum absolute atomic E-state index is 0.00286. The van der Waals surface area contributed by atoms with Crippen molar-refractivity contribution < 1.29 is 19.7 Å². The van der Waals surface area contributed by atoms with E-state index in [1.54, 1.807) is 0 Å². The molecule has 5 unspecified atom stereocenters. The van der Waals surface area contributed by atoms with Crippen molar-refractivity contribution in [2.24, 2.45) is 11.8 Å². The summed E-state index contributed by atoms with van der Waals surface area (Å²) < 4.78 is 4.66. The summed E-state index contributed by atoms with van der Waals surface area (Å²) in [6.07, 6.45) is 12.7. The fourth-order valence-corrected chi connectivity index (χ4v) is 5.74. The van der Waals surface area contributed by atoms with Gasteiger partial charge in [-0.25, -0.2) is 0 Å². The highest BCUT2D eigenvalue weighted by atomic mass is 35.5. The number of unbranched alkanes of at least 4 members (excludes halogenated alkanes) is 1. The zero-order chi connectivity index (χ0) is 22.2. The molecule has 2 fully saturated rings. The summed E-state index contributed by atoms with van der Waals surface area (Å²) in [5.74, 6) is 0.358. The van der Waals surface area contributed by atoms with Gasteiger partial charge in [-0.1, -0.05) is 55.7 Å². The Morgan fingerprint density at radius 1 is 1.19 bits per heavy atom. The normalized spacial score (nSPS) is 28.1. The first kappa shape index (κ1) is 24.3. The molecule has 2 aliphatic carbocycles. The third kappa shape index (κ3) is 6.57. The molecule has 0 heterocycles. The van der Waals surface area contributed by atoms with Gasteiger partial charge in [0.05, 0.1) is 19.3 Å². The average molecular weight is 449 g/mol. The van der Waals surface area contributed by atoms with Crippen LogP contribution in [-0.4, -0.2) is 34.8 Å². The molecule has 1 aromatic carbocycles. The molecule has 172 valence electrons. The fourth-order valence-electron chi connectivity index (χ4n) is 5.30. The summed E-state index contributed by atoms with van der Waals surface area (Å²) in [5, 5.41) is 21.4. The Kier molecular flexibility index (Phi) is 9.43. The van der Waals surface area contributed by atoms with Crippen LogP contribution in [0.4, 0.5) is 0 Å². The van der Waals surface area contributed by atoms with Crippen molar-refractivity contribution in [1.29, 1.82) is 0 Å². The number of alkyl halides is 1. The summed E-state index contributed by atoms with van der Waals surface area (Å²) in [4.78, 5) is 11.2. The Morgan fingerprint density at radius 3 is 2.58 bits per heavy atom. The van der Waals surface area contributed by atoms with E-state index in [9.17, 15) is 15.0 Å². The van der Waals surface area contributed by atoms with E-state index in [1.165, 1.54) is 26.4 Å². The Morgan fingerprint density at radius 2 is 1.90 bits per heavy atom. The molecular weight excluding hydrogens is 412 g/mol. The van der Waals surface area contributed by atoms with Gasteiger partial charge in [0.2, 0.25) is 0 Å². The first-order chi connectivity index (χ1) is 15.0. The molecule has 0 spiro atoms. The Hall–Kier alpha value is -1.36. The predicted molar refractivity (Wildman–Crippen MR) is 124 cm³/mol. The van der Waals surface area contributed by atoms with Crippen LogP contribution in [0.15, 0.2) is 36.4 Å². The van der Waals surface area contributed by atoms with Crippen molar-refractivity contribution >= 4 is 17.6 Å². The number of carbonyl (C=O) groups is 1. The summed E-state index contributed by atoms with van der Waals surface area (Å²) in [5.41, 5.74) is 2.08. The number of hydrogen-bond donors (Lipinski definition) is 2. The fraction of sp³-hybridized carbons (Fsp3) is 0.654.